The molecule has 1 aromatic heterocycles. The zero-order valence-electron chi connectivity index (χ0n) is 8.08. The van der Waals surface area contributed by atoms with Crippen LogP contribution in [0.1, 0.15) is 5.56 Å². The van der Waals surface area contributed by atoms with Crippen molar-refractivity contribution in [3.05, 3.63) is 30.1 Å². The molecule has 0 spiro atoms. The summed E-state index contributed by atoms with van der Waals surface area (Å²) in [5.41, 5.74) is 2.62. The fourth-order valence-electron chi connectivity index (χ4n) is 1.34. The van der Waals surface area contributed by atoms with Crippen molar-refractivity contribution in [2.24, 2.45) is 0 Å². The smallest absolute Gasteiger partial charge is 0.211 e. The van der Waals surface area contributed by atoms with Gasteiger partial charge in [0.2, 0.25) is 6.41 Å². The number of benzene rings is 1. The van der Waals surface area contributed by atoms with Crippen LogP contribution in [0, 0.1) is 6.92 Å². The minimum absolute atomic E-state index is 0.644. The maximum absolute atomic E-state index is 10.3. The van der Waals surface area contributed by atoms with Crippen molar-refractivity contribution in [1.29, 1.82) is 0 Å². The number of nitrogens with one attached hydrogen (secondary N) is 1. The Labute approximate surface area is 85.9 Å². The number of aromatic nitrogens is 4. The molecule has 0 unspecified atom stereocenters. The molecule has 2 rings (SSSR count). The molecule has 1 aromatic carbocycles. The molecule has 1 heterocycles. The topological polar surface area (TPSA) is 72.7 Å². The van der Waals surface area contributed by atoms with Crippen LogP contribution in [0.4, 0.5) is 5.69 Å². The molecule has 0 bridgehead atoms. The van der Waals surface area contributed by atoms with Crippen LogP contribution in [-0.4, -0.2) is 26.6 Å². The predicted molar refractivity (Wildman–Crippen MR) is 53.6 cm³/mol. The van der Waals surface area contributed by atoms with Gasteiger partial charge in [-0.25, -0.2) is 4.68 Å². The number of hydrogen-bond donors (Lipinski definition) is 1. The van der Waals surface area contributed by atoms with Crippen molar-refractivity contribution >= 4 is 12.1 Å². The molecule has 6 nitrogen and oxygen atoms in total. The van der Waals surface area contributed by atoms with Crippen molar-refractivity contribution in [2.45, 2.75) is 6.92 Å². The Bertz CT molecular complexity index is 465. The molecule has 6 heteroatoms. The summed E-state index contributed by atoms with van der Waals surface area (Å²) in [6.45, 7) is 1.92. The van der Waals surface area contributed by atoms with Crippen LogP contribution in [0.5, 0.6) is 0 Å². The second-order valence-electron chi connectivity index (χ2n) is 3.02. The molecular formula is C9H9N5O. The number of nitrogens with zero attached hydrogens (tertiary/aromatic N) is 4. The van der Waals surface area contributed by atoms with E-state index in [0.717, 1.165) is 16.9 Å². The van der Waals surface area contributed by atoms with Gasteiger partial charge >= 0.3 is 0 Å². The van der Waals surface area contributed by atoms with Crippen LogP contribution in [0.2, 0.25) is 0 Å². The fraction of sp³-hybridized carbons (Fsp3) is 0.111. The molecule has 0 aliphatic heterocycles. The normalized spacial score (nSPS) is 9.93. The lowest BCUT2D eigenvalue weighted by atomic mass is 10.2. The summed E-state index contributed by atoms with van der Waals surface area (Å²) in [7, 11) is 0. The van der Waals surface area contributed by atoms with Gasteiger partial charge in [0.25, 0.3) is 0 Å². The van der Waals surface area contributed by atoms with Crippen LogP contribution in [-0.2, 0) is 4.79 Å². The number of hydrogen-bond acceptors (Lipinski definition) is 4. The SMILES string of the molecule is Cc1cc(NC=O)ccc1-n1cnnn1. The highest BCUT2D eigenvalue weighted by atomic mass is 16.1. The number of anilines is 1. The monoisotopic (exact) mass is 203 g/mol. The van der Waals surface area contributed by atoms with Crippen LogP contribution in [0.25, 0.3) is 5.69 Å². The lowest BCUT2D eigenvalue weighted by Gasteiger charge is -2.06. The van der Waals surface area contributed by atoms with E-state index in [1.54, 1.807) is 10.7 Å². The van der Waals surface area contributed by atoms with Gasteiger partial charge < -0.3 is 5.32 Å². The Morgan fingerprint density at radius 1 is 1.47 bits per heavy atom. The standard InChI is InChI=1S/C9H9N5O/c1-7-4-8(10-6-15)2-3-9(7)14-5-11-12-13-14/h2-6H,1H3,(H,10,15). The number of amides is 1. The number of carbonyl (C=O) groups is 1. The third-order valence-electron chi connectivity index (χ3n) is 2.02. The maximum Gasteiger partial charge on any atom is 0.211 e. The number of carbonyl (C=O) groups excluding carboxylic acids is 1. The number of rotatable bonds is 3. The lowest BCUT2D eigenvalue weighted by Crippen LogP contribution is -2.00. The molecule has 0 saturated carbocycles. The van der Waals surface area contributed by atoms with Crippen LogP contribution in [0.3, 0.4) is 0 Å². The average molecular weight is 203 g/mol. The van der Waals surface area contributed by atoms with E-state index in [-0.39, 0.29) is 0 Å². The molecule has 0 radical (unpaired) electrons. The summed E-state index contributed by atoms with van der Waals surface area (Å²) in [6.07, 6.45) is 2.17. The van der Waals surface area contributed by atoms with Crippen molar-refractivity contribution < 1.29 is 4.79 Å². The van der Waals surface area contributed by atoms with Gasteiger partial charge in [-0.15, -0.1) is 5.10 Å². The van der Waals surface area contributed by atoms with Crippen molar-refractivity contribution in [2.75, 3.05) is 5.32 Å². The van der Waals surface area contributed by atoms with Gasteiger partial charge in [0, 0.05) is 5.69 Å². The summed E-state index contributed by atoms with van der Waals surface area (Å²) in [4.78, 5) is 10.3. The van der Waals surface area contributed by atoms with E-state index in [1.807, 2.05) is 19.1 Å². The molecule has 0 aliphatic rings. The summed E-state index contributed by atoms with van der Waals surface area (Å²) >= 11 is 0. The predicted octanol–water partition coefficient (Wildman–Crippen LogP) is 0.539. The zero-order chi connectivity index (χ0) is 10.7. The zero-order valence-corrected chi connectivity index (χ0v) is 8.08. The van der Waals surface area contributed by atoms with Crippen molar-refractivity contribution in [3.8, 4) is 5.69 Å². The Morgan fingerprint density at radius 2 is 2.33 bits per heavy atom. The Morgan fingerprint density at radius 3 is 2.93 bits per heavy atom. The van der Waals surface area contributed by atoms with Crippen LogP contribution >= 0.6 is 0 Å². The van der Waals surface area contributed by atoms with E-state index < -0.39 is 0 Å². The fourth-order valence-corrected chi connectivity index (χ4v) is 1.34. The van der Waals surface area contributed by atoms with Crippen molar-refractivity contribution in [3.63, 3.8) is 0 Å². The lowest BCUT2D eigenvalue weighted by molar-refractivity contribution is -0.105. The molecule has 0 aliphatic carbocycles. The Balaban J connectivity index is 2.39. The van der Waals surface area contributed by atoms with Gasteiger partial charge in [-0.05, 0) is 41.1 Å². The largest absolute Gasteiger partial charge is 0.329 e. The van der Waals surface area contributed by atoms with Gasteiger partial charge in [-0.1, -0.05) is 0 Å². The average Bonchev–Trinajstić information content (AvgIpc) is 2.71. The minimum Gasteiger partial charge on any atom is -0.329 e. The molecule has 1 N–H and O–H groups in total. The molecule has 0 saturated heterocycles. The molecule has 1 amide bonds. The molecule has 0 fully saturated rings. The Kier molecular flexibility index (Phi) is 2.40. The molecule has 2 aromatic rings. The highest BCUT2D eigenvalue weighted by Gasteiger charge is 2.02. The van der Waals surface area contributed by atoms with Crippen LogP contribution < -0.4 is 5.32 Å². The number of aryl methyl sites for hydroxylation is 1. The minimum atomic E-state index is 0.644. The van der Waals surface area contributed by atoms with Gasteiger partial charge in [0.05, 0.1) is 5.69 Å². The molecule has 76 valence electrons. The van der Waals surface area contributed by atoms with E-state index in [1.165, 1.54) is 6.33 Å². The van der Waals surface area contributed by atoms with Crippen LogP contribution in [0.15, 0.2) is 24.5 Å². The number of tetrazole rings is 1. The molecule has 15 heavy (non-hydrogen) atoms. The first kappa shape index (κ1) is 9.32. The highest BCUT2D eigenvalue weighted by molar-refractivity contribution is 5.72. The van der Waals surface area contributed by atoms with E-state index in [9.17, 15) is 4.79 Å². The van der Waals surface area contributed by atoms with E-state index in [0.29, 0.717) is 6.41 Å². The molecule has 0 atom stereocenters. The summed E-state index contributed by atoms with van der Waals surface area (Å²) in [5, 5.41) is 13.5. The summed E-state index contributed by atoms with van der Waals surface area (Å²) < 4.78 is 1.57. The first-order chi connectivity index (χ1) is 7.31. The third-order valence-corrected chi connectivity index (χ3v) is 2.02. The first-order valence-electron chi connectivity index (χ1n) is 4.35. The van der Waals surface area contributed by atoms with E-state index in [4.69, 9.17) is 0 Å². The van der Waals surface area contributed by atoms with Crippen molar-refractivity contribution in [1.82, 2.24) is 20.2 Å². The maximum atomic E-state index is 10.3. The van der Waals surface area contributed by atoms with E-state index >= 15 is 0 Å². The quantitative estimate of drug-likeness (QED) is 0.739. The van der Waals surface area contributed by atoms with Gasteiger partial charge in [-0.2, -0.15) is 0 Å². The molecular weight excluding hydrogens is 194 g/mol. The summed E-state index contributed by atoms with van der Waals surface area (Å²) in [6, 6.07) is 5.49. The highest BCUT2D eigenvalue weighted by Crippen LogP contribution is 2.16. The Hall–Kier alpha value is -2.24. The third kappa shape index (κ3) is 1.83. The van der Waals surface area contributed by atoms with Gasteiger partial charge in [-0.3, -0.25) is 4.79 Å². The van der Waals surface area contributed by atoms with Gasteiger partial charge in [0.15, 0.2) is 0 Å². The summed E-state index contributed by atoms with van der Waals surface area (Å²) in [5.74, 6) is 0. The first-order valence-corrected chi connectivity index (χ1v) is 4.35. The van der Waals surface area contributed by atoms with E-state index in [2.05, 4.69) is 20.8 Å². The van der Waals surface area contributed by atoms with Gasteiger partial charge in [0.1, 0.15) is 6.33 Å². The second kappa shape index (κ2) is 3.87. The second-order valence-corrected chi connectivity index (χ2v) is 3.02.